The molecule has 0 aromatic heterocycles. The van der Waals surface area contributed by atoms with Gasteiger partial charge >= 0.3 is 0 Å². The normalized spacial score (nSPS) is 18.0. The fraction of sp³-hybridized carbons (Fsp3) is 0.500. The van der Waals surface area contributed by atoms with Gasteiger partial charge in [-0.3, -0.25) is 5.84 Å². The van der Waals surface area contributed by atoms with E-state index in [9.17, 15) is 0 Å². The second-order valence-corrected chi connectivity index (χ2v) is 4.36. The summed E-state index contributed by atoms with van der Waals surface area (Å²) in [6, 6.07) is 4.17. The summed E-state index contributed by atoms with van der Waals surface area (Å²) in [6.45, 7) is 5.34. The number of nitrogens with one attached hydrogen (secondary N) is 1. The fourth-order valence-corrected chi connectivity index (χ4v) is 2.15. The van der Waals surface area contributed by atoms with E-state index in [4.69, 9.17) is 15.3 Å². The third-order valence-corrected chi connectivity index (χ3v) is 3.23. The number of benzene rings is 1. The van der Waals surface area contributed by atoms with E-state index in [1.165, 1.54) is 11.1 Å². The van der Waals surface area contributed by atoms with Gasteiger partial charge in [0.1, 0.15) is 11.3 Å². The Morgan fingerprint density at radius 3 is 2.44 bits per heavy atom. The van der Waals surface area contributed by atoms with E-state index in [1.807, 2.05) is 13.0 Å². The molecule has 0 saturated carbocycles. The van der Waals surface area contributed by atoms with Crippen LogP contribution in [0.25, 0.3) is 0 Å². The van der Waals surface area contributed by atoms with Crippen molar-refractivity contribution in [2.45, 2.75) is 19.4 Å². The summed E-state index contributed by atoms with van der Waals surface area (Å²) in [6.07, 6.45) is 0. The molecule has 1 aliphatic heterocycles. The summed E-state index contributed by atoms with van der Waals surface area (Å²) in [5.74, 6) is 6.54. The number of hydrogen-bond donors (Lipinski definition) is 2. The smallest absolute Gasteiger partial charge is 0.122 e. The lowest BCUT2D eigenvalue weighted by Crippen LogP contribution is -2.60. The highest BCUT2D eigenvalue weighted by Gasteiger charge is 2.40. The number of rotatable bonds is 3. The first-order valence-corrected chi connectivity index (χ1v) is 5.34. The molecule has 0 aliphatic carbocycles. The van der Waals surface area contributed by atoms with Crippen LogP contribution in [0.3, 0.4) is 0 Å². The topological polar surface area (TPSA) is 56.5 Å². The van der Waals surface area contributed by atoms with E-state index in [-0.39, 0.29) is 5.54 Å². The van der Waals surface area contributed by atoms with Crippen LogP contribution >= 0.6 is 0 Å². The number of hydrogen-bond acceptors (Lipinski definition) is 4. The molecule has 0 amide bonds. The number of aryl methyl sites for hydroxylation is 2. The summed E-state index contributed by atoms with van der Waals surface area (Å²) < 4.78 is 10.6. The minimum absolute atomic E-state index is 0.221. The van der Waals surface area contributed by atoms with Crippen LogP contribution in [0.15, 0.2) is 12.1 Å². The van der Waals surface area contributed by atoms with Crippen LogP contribution in [0.2, 0.25) is 0 Å². The molecule has 1 aromatic carbocycles. The first-order valence-electron chi connectivity index (χ1n) is 5.34. The van der Waals surface area contributed by atoms with Gasteiger partial charge in [-0.15, -0.1) is 0 Å². The Kier molecular flexibility index (Phi) is 2.88. The first kappa shape index (κ1) is 11.4. The molecule has 1 aliphatic rings. The molecule has 88 valence electrons. The molecule has 0 spiro atoms. The Morgan fingerprint density at radius 2 is 2.00 bits per heavy atom. The van der Waals surface area contributed by atoms with Crippen molar-refractivity contribution in [3.8, 4) is 5.75 Å². The molecule has 2 rings (SSSR count). The van der Waals surface area contributed by atoms with Crippen molar-refractivity contribution in [3.63, 3.8) is 0 Å². The van der Waals surface area contributed by atoms with Gasteiger partial charge in [-0.1, -0.05) is 6.07 Å². The summed E-state index contributed by atoms with van der Waals surface area (Å²) in [7, 11) is 1.69. The van der Waals surface area contributed by atoms with Gasteiger partial charge in [0.25, 0.3) is 0 Å². The van der Waals surface area contributed by atoms with Crippen molar-refractivity contribution in [2.24, 2.45) is 5.84 Å². The summed E-state index contributed by atoms with van der Waals surface area (Å²) in [5, 5.41) is 0. The average molecular weight is 222 g/mol. The lowest BCUT2D eigenvalue weighted by atomic mass is 9.84. The zero-order valence-electron chi connectivity index (χ0n) is 9.96. The van der Waals surface area contributed by atoms with Crippen molar-refractivity contribution in [3.05, 3.63) is 28.8 Å². The van der Waals surface area contributed by atoms with Crippen LogP contribution < -0.4 is 16.0 Å². The minimum atomic E-state index is -0.221. The highest BCUT2D eigenvalue weighted by molar-refractivity contribution is 5.45. The van der Waals surface area contributed by atoms with Gasteiger partial charge in [-0.05, 0) is 36.6 Å². The second-order valence-electron chi connectivity index (χ2n) is 4.36. The van der Waals surface area contributed by atoms with E-state index in [1.54, 1.807) is 7.11 Å². The Balaban J connectivity index is 2.45. The predicted molar refractivity (Wildman–Crippen MR) is 62.3 cm³/mol. The molecule has 4 nitrogen and oxygen atoms in total. The van der Waals surface area contributed by atoms with Crippen LogP contribution in [-0.4, -0.2) is 20.3 Å². The van der Waals surface area contributed by atoms with Crippen LogP contribution in [0.1, 0.15) is 16.7 Å². The number of methoxy groups -OCH3 is 1. The van der Waals surface area contributed by atoms with E-state index in [0.717, 1.165) is 11.3 Å². The second kappa shape index (κ2) is 4.05. The third-order valence-electron chi connectivity index (χ3n) is 3.23. The summed E-state index contributed by atoms with van der Waals surface area (Å²) >= 11 is 0. The van der Waals surface area contributed by atoms with E-state index >= 15 is 0 Å². The van der Waals surface area contributed by atoms with Crippen LogP contribution in [-0.2, 0) is 10.3 Å². The maximum absolute atomic E-state index is 5.63. The molecule has 0 radical (unpaired) electrons. The first-order chi connectivity index (χ1) is 7.63. The molecule has 16 heavy (non-hydrogen) atoms. The van der Waals surface area contributed by atoms with Crippen LogP contribution in [0.4, 0.5) is 0 Å². The van der Waals surface area contributed by atoms with Crippen molar-refractivity contribution in [2.75, 3.05) is 20.3 Å². The molecule has 0 bridgehead atoms. The van der Waals surface area contributed by atoms with Gasteiger partial charge < -0.3 is 9.47 Å². The summed E-state index contributed by atoms with van der Waals surface area (Å²) in [5.41, 5.74) is 6.13. The largest absolute Gasteiger partial charge is 0.496 e. The van der Waals surface area contributed by atoms with E-state index in [2.05, 4.69) is 18.4 Å². The quantitative estimate of drug-likeness (QED) is 0.592. The highest BCUT2D eigenvalue weighted by atomic mass is 16.5. The molecule has 1 fully saturated rings. The summed E-state index contributed by atoms with van der Waals surface area (Å²) in [4.78, 5) is 0. The average Bonchev–Trinajstić information content (AvgIpc) is 2.22. The van der Waals surface area contributed by atoms with E-state index < -0.39 is 0 Å². The van der Waals surface area contributed by atoms with E-state index in [0.29, 0.717) is 13.2 Å². The van der Waals surface area contributed by atoms with Gasteiger partial charge in [-0.2, -0.15) is 0 Å². The Bertz CT molecular complexity index is 395. The molecule has 3 N–H and O–H groups in total. The monoisotopic (exact) mass is 222 g/mol. The standard InChI is InChI=1S/C12H18N2O2/c1-8-5-11(15-3)9(2)4-10(8)12(14-13)6-16-7-12/h4-5,14H,6-7,13H2,1-3H3. The maximum Gasteiger partial charge on any atom is 0.122 e. The molecule has 1 aromatic rings. The predicted octanol–water partition coefficient (Wildman–Crippen LogP) is 1.00. The lowest BCUT2D eigenvalue weighted by molar-refractivity contribution is -0.0790. The maximum atomic E-state index is 5.63. The molecule has 0 atom stereocenters. The Labute approximate surface area is 95.7 Å². The van der Waals surface area contributed by atoms with Gasteiger partial charge in [0.15, 0.2) is 0 Å². The van der Waals surface area contributed by atoms with Crippen LogP contribution in [0, 0.1) is 13.8 Å². The van der Waals surface area contributed by atoms with Crippen molar-refractivity contribution in [1.29, 1.82) is 0 Å². The lowest BCUT2D eigenvalue weighted by Gasteiger charge is -2.42. The Hall–Kier alpha value is -1.10. The molecule has 1 heterocycles. The number of ether oxygens (including phenoxy) is 2. The molecule has 1 saturated heterocycles. The molecular formula is C12H18N2O2. The van der Waals surface area contributed by atoms with Gasteiger partial charge in [0.05, 0.1) is 20.3 Å². The SMILES string of the molecule is COc1cc(C)c(C2(NN)COC2)cc1C. The molecule has 4 heteroatoms. The number of nitrogens with two attached hydrogens (primary N) is 1. The van der Waals surface area contributed by atoms with Crippen molar-refractivity contribution < 1.29 is 9.47 Å². The Morgan fingerprint density at radius 1 is 1.31 bits per heavy atom. The third kappa shape index (κ3) is 1.59. The fourth-order valence-electron chi connectivity index (χ4n) is 2.15. The number of hydrazine groups is 1. The zero-order chi connectivity index (χ0) is 11.8. The van der Waals surface area contributed by atoms with Crippen molar-refractivity contribution >= 4 is 0 Å². The van der Waals surface area contributed by atoms with Gasteiger partial charge in [-0.25, -0.2) is 5.43 Å². The van der Waals surface area contributed by atoms with Crippen molar-refractivity contribution in [1.82, 2.24) is 5.43 Å². The molecular weight excluding hydrogens is 204 g/mol. The highest BCUT2D eigenvalue weighted by Crippen LogP contribution is 2.34. The van der Waals surface area contributed by atoms with Crippen LogP contribution in [0.5, 0.6) is 5.75 Å². The van der Waals surface area contributed by atoms with Gasteiger partial charge in [0.2, 0.25) is 0 Å². The van der Waals surface area contributed by atoms with Gasteiger partial charge in [0, 0.05) is 0 Å². The minimum Gasteiger partial charge on any atom is -0.496 e. The molecule has 0 unspecified atom stereocenters. The zero-order valence-corrected chi connectivity index (χ0v) is 9.96.